The van der Waals surface area contributed by atoms with Crippen LogP contribution in [-0.4, -0.2) is 23.6 Å². The molecule has 0 N–H and O–H groups in total. The molecule has 2 rings (SSSR count). The van der Waals surface area contributed by atoms with Crippen LogP contribution in [0.1, 0.15) is 18.1 Å². The molecule has 0 amide bonds. The van der Waals surface area contributed by atoms with Crippen LogP contribution in [0.2, 0.25) is 0 Å². The van der Waals surface area contributed by atoms with Crippen LogP contribution >= 0.6 is 0 Å². The summed E-state index contributed by atoms with van der Waals surface area (Å²) in [5, 5.41) is 0. The molecule has 1 heterocycles. The number of aromatic nitrogens is 2. The number of anilines is 2. The van der Waals surface area contributed by atoms with Gasteiger partial charge in [-0.25, -0.2) is 4.98 Å². The van der Waals surface area contributed by atoms with Gasteiger partial charge in [-0.15, -0.1) is 0 Å². The van der Waals surface area contributed by atoms with Crippen LogP contribution in [0.15, 0.2) is 30.5 Å². The van der Waals surface area contributed by atoms with E-state index < -0.39 is 11.7 Å². The van der Waals surface area contributed by atoms with Gasteiger partial charge in [0, 0.05) is 18.9 Å². The number of nitrogens with zero attached hydrogens (tertiary/aromatic N) is 3. The number of rotatable bonds is 4. The molecule has 0 aliphatic heterocycles. The average Bonchev–Trinajstić information content (AvgIpc) is 2.45. The van der Waals surface area contributed by atoms with Crippen molar-refractivity contribution in [1.82, 2.24) is 9.97 Å². The van der Waals surface area contributed by atoms with Gasteiger partial charge in [0.1, 0.15) is 5.56 Å². The normalized spacial score (nSPS) is 11.4. The maximum absolute atomic E-state index is 13.2. The number of benzene rings is 1. The van der Waals surface area contributed by atoms with Crippen molar-refractivity contribution < 1.29 is 17.9 Å². The maximum atomic E-state index is 13.2. The van der Waals surface area contributed by atoms with Crippen molar-refractivity contribution in [1.29, 1.82) is 0 Å². The zero-order valence-electron chi connectivity index (χ0n) is 12.5. The van der Waals surface area contributed by atoms with Crippen LogP contribution in [-0.2, 0) is 6.18 Å². The molecule has 0 radical (unpaired) electrons. The van der Waals surface area contributed by atoms with Crippen LogP contribution in [0.4, 0.5) is 24.7 Å². The van der Waals surface area contributed by atoms with Gasteiger partial charge in [0.2, 0.25) is 0 Å². The van der Waals surface area contributed by atoms with Gasteiger partial charge in [-0.05, 0) is 31.5 Å². The highest BCUT2D eigenvalue weighted by Gasteiger charge is 2.36. The Morgan fingerprint density at radius 1 is 1.27 bits per heavy atom. The summed E-state index contributed by atoms with van der Waals surface area (Å²) in [5.74, 6) is -0.239. The second-order valence-electron chi connectivity index (χ2n) is 4.72. The molecule has 0 atom stereocenters. The van der Waals surface area contributed by atoms with E-state index in [4.69, 9.17) is 4.74 Å². The van der Waals surface area contributed by atoms with Crippen LogP contribution < -0.4 is 9.64 Å². The van der Waals surface area contributed by atoms with Gasteiger partial charge in [-0.2, -0.15) is 18.2 Å². The average molecular weight is 311 g/mol. The second-order valence-corrected chi connectivity index (χ2v) is 4.72. The van der Waals surface area contributed by atoms with E-state index in [2.05, 4.69) is 9.97 Å². The number of ether oxygens (including phenoxy) is 1. The van der Waals surface area contributed by atoms with Crippen LogP contribution in [0.3, 0.4) is 0 Å². The highest BCUT2D eigenvalue weighted by Crippen LogP contribution is 2.37. The summed E-state index contributed by atoms with van der Waals surface area (Å²) in [6.45, 7) is 3.86. The minimum Gasteiger partial charge on any atom is -0.464 e. The Morgan fingerprint density at radius 2 is 2.00 bits per heavy atom. The zero-order chi connectivity index (χ0) is 16.3. The molecular formula is C15H16F3N3O. The third kappa shape index (κ3) is 3.47. The molecule has 0 bridgehead atoms. The first-order valence-electron chi connectivity index (χ1n) is 6.70. The van der Waals surface area contributed by atoms with Crippen molar-refractivity contribution in [2.24, 2.45) is 0 Å². The number of halogens is 3. The highest BCUT2D eigenvalue weighted by atomic mass is 19.4. The summed E-state index contributed by atoms with van der Waals surface area (Å²) in [4.78, 5) is 8.89. The Hall–Kier alpha value is -2.31. The summed E-state index contributed by atoms with van der Waals surface area (Å²) in [5.41, 5.74) is 0.642. The number of hydrogen-bond acceptors (Lipinski definition) is 4. The minimum absolute atomic E-state index is 0.0787. The first-order valence-corrected chi connectivity index (χ1v) is 6.70. The van der Waals surface area contributed by atoms with E-state index in [-0.39, 0.29) is 18.4 Å². The molecule has 0 spiro atoms. The topological polar surface area (TPSA) is 38.2 Å². The predicted octanol–water partition coefficient (Wildman–Crippen LogP) is 3.97. The number of aryl methyl sites for hydroxylation is 1. The second kappa shape index (κ2) is 6.21. The fourth-order valence-corrected chi connectivity index (χ4v) is 1.97. The molecule has 0 aliphatic rings. The van der Waals surface area contributed by atoms with Gasteiger partial charge in [0.05, 0.1) is 6.61 Å². The Balaban J connectivity index is 2.52. The highest BCUT2D eigenvalue weighted by molar-refractivity contribution is 5.63. The van der Waals surface area contributed by atoms with Gasteiger partial charge in [0.15, 0.2) is 5.82 Å². The first-order chi connectivity index (χ1) is 10.3. The van der Waals surface area contributed by atoms with E-state index in [1.54, 1.807) is 25.1 Å². The van der Waals surface area contributed by atoms with E-state index in [9.17, 15) is 13.2 Å². The molecule has 1 aromatic carbocycles. The number of alkyl halides is 3. The van der Waals surface area contributed by atoms with Crippen molar-refractivity contribution in [3.8, 4) is 6.01 Å². The summed E-state index contributed by atoms with van der Waals surface area (Å²) in [7, 11) is 1.53. The molecule has 4 nitrogen and oxygen atoms in total. The molecule has 118 valence electrons. The minimum atomic E-state index is -4.54. The summed E-state index contributed by atoms with van der Waals surface area (Å²) in [6.07, 6.45) is -3.79. The molecule has 0 unspecified atom stereocenters. The Bertz CT molecular complexity index is 659. The Labute approximate surface area is 126 Å². The predicted molar refractivity (Wildman–Crippen MR) is 77.4 cm³/mol. The molecule has 0 aliphatic carbocycles. The molecule has 0 fully saturated rings. The van der Waals surface area contributed by atoms with Gasteiger partial charge in [0.25, 0.3) is 0 Å². The van der Waals surface area contributed by atoms with E-state index in [0.717, 1.165) is 11.8 Å². The molecule has 2 aromatic rings. The lowest BCUT2D eigenvalue weighted by Gasteiger charge is -2.22. The SMILES string of the molecule is CCOc1ncc(C(F)(F)F)c(N(C)c2cccc(C)c2)n1. The molecule has 22 heavy (non-hydrogen) atoms. The van der Waals surface area contributed by atoms with Gasteiger partial charge in [-0.1, -0.05) is 12.1 Å². The third-order valence-electron chi connectivity index (χ3n) is 3.03. The molecule has 1 aromatic heterocycles. The van der Waals surface area contributed by atoms with Crippen molar-refractivity contribution >= 4 is 11.5 Å². The summed E-state index contributed by atoms with van der Waals surface area (Å²) >= 11 is 0. The lowest BCUT2D eigenvalue weighted by Crippen LogP contribution is -2.19. The van der Waals surface area contributed by atoms with Crippen molar-refractivity contribution in [3.05, 3.63) is 41.6 Å². The lowest BCUT2D eigenvalue weighted by atomic mass is 10.2. The van der Waals surface area contributed by atoms with Gasteiger partial charge >= 0.3 is 12.2 Å². The van der Waals surface area contributed by atoms with Crippen LogP contribution in [0, 0.1) is 6.92 Å². The number of hydrogen-bond donors (Lipinski definition) is 0. The van der Waals surface area contributed by atoms with Crippen LogP contribution in [0.5, 0.6) is 6.01 Å². The Morgan fingerprint density at radius 3 is 2.59 bits per heavy atom. The molecular weight excluding hydrogens is 295 g/mol. The zero-order valence-corrected chi connectivity index (χ0v) is 12.5. The maximum Gasteiger partial charge on any atom is 0.421 e. The van der Waals surface area contributed by atoms with Crippen molar-refractivity contribution in [2.45, 2.75) is 20.0 Å². The van der Waals surface area contributed by atoms with E-state index in [1.165, 1.54) is 11.9 Å². The quantitative estimate of drug-likeness (QED) is 0.856. The van der Waals surface area contributed by atoms with E-state index in [0.29, 0.717) is 5.69 Å². The molecule has 0 saturated heterocycles. The Kier molecular flexibility index (Phi) is 4.54. The molecule has 7 heteroatoms. The van der Waals surface area contributed by atoms with Gasteiger partial charge < -0.3 is 9.64 Å². The van der Waals surface area contributed by atoms with Crippen LogP contribution in [0.25, 0.3) is 0 Å². The fourth-order valence-electron chi connectivity index (χ4n) is 1.97. The smallest absolute Gasteiger partial charge is 0.421 e. The summed E-state index contributed by atoms with van der Waals surface area (Å²) in [6, 6.07) is 7.07. The van der Waals surface area contributed by atoms with Crippen molar-refractivity contribution in [2.75, 3.05) is 18.6 Å². The first kappa shape index (κ1) is 16.1. The molecule has 0 saturated carbocycles. The van der Waals surface area contributed by atoms with E-state index >= 15 is 0 Å². The van der Waals surface area contributed by atoms with E-state index in [1.807, 2.05) is 13.0 Å². The largest absolute Gasteiger partial charge is 0.464 e. The van der Waals surface area contributed by atoms with Crippen molar-refractivity contribution in [3.63, 3.8) is 0 Å². The monoisotopic (exact) mass is 311 g/mol. The van der Waals surface area contributed by atoms with Gasteiger partial charge in [-0.3, -0.25) is 0 Å². The third-order valence-corrected chi connectivity index (χ3v) is 3.03. The standard InChI is InChI=1S/C15H16F3N3O/c1-4-22-14-19-9-12(15(16,17)18)13(20-14)21(3)11-7-5-6-10(2)8-11/h5-9H,4H2,1-3H3. The fraction of sp³-hybridized carbons (Fsp3) is 0.333. The summed E-state index contributed by atoms with van der Waals surface area (Å²) < 4.78 is 44.6. The lowest BCUT2D eigenvalue weighted by molar-refractivity contribution is -0.137.